The van der Waals surface area contributed by atoms with Gasteiger partial charge in [-0.15, -0.1) is 0 Å². The van der Waals surface area contributed by atoms with E-state index in [0.29, 0.717) is 0 Å². The summed E-state index contributed by atoms with van der Waals surface area (Å²) in [5, 5.41) is 1.17. The molecule has 0 bridgehead atoms. The Morgan fingerprint density at radius 3 is 3.31 bits per heavy atom. The SMILES string of the molecule is c1cnc2cnc3c(c2c1)CCO3. The highest BCUT2D eigenvalue weighted by molar-refractivity contribution is 5.83. The summed E-state index contributed by atoms with van der Waals surface area (Å²) in [5.74, 6) is 0.778. The van der Waals surface area contributed by atoms with Gasteiger partial charge in [-0.05, 0) is 6.07 Å². The second-order valence-corrected chi connectivity index (χ2v) is 3.08. The van der Waals surface area contributed by atoms with Crippen molar-refractivity contribution in [3.63, 3.8) is 0 Å². The number of hydrogen-bond acceptors (Lipinski definition) is 3. The van der Waals surface area contributed by atoms with Crippen molar-refractivity contribution >= 4 is 10.9 Å². The summed E-state index contributed by atoms with van der Waals surface area (Å²) in [4.78, 5) is 8.44. The van der Waals surface area contributed by atoms with E-state index >= 15 is 0 Å². The highest BCUT2D eigenvalue weighted by Gasteiger charge is 2.16. The highest BCUT2D eigenvalue weighted by atomic mass is 16.5. The van der Waals surface area contributed by atoms with Crippen molar-refractivity contribution in [2.45, 2.75) is 6.42 Å². The molecule has 1 aliphatic rings. The number of rotatable bonds is 0. The fourth-order valence-corrected chi connectivity index (χ4v) is 1.70. The third-order valence-electron chi connectivity index (χ3n) is 2.32. The smallest absolute Gasteiger partial charge is 0.217 e. The van der Waals surface area contributed by atoms with Crippen molar-refractivity contribution in [1.29, 1.82) is 0 Å². The Morgan fingerprint density at radius 2 is 2.31 bits per heavy atom. The predicted molar refractivity (Wildman–Crippen MR) is 48.7 cm³/mol. The van der Waals surface area contributed by atoms with Crippen molar-refractivity contribution in [2.24, 2.45) is 0 Å². The summed E-state index contributed by atoms with van der Waals surface area (Å²) in [7, 11) is 0. The largest absolute Gasteiger partial charge is 0.477 e. The summed E-state index contributed by atoms with van der Waals surface area (Å²) >= 11 is 0. The zero-order valence-corrected chi connectivity index (χ0v) is 7.03. The standard InChI is InChI=1S/C10H8N2O/c1-2-7-8-3-5-13-10(8)12-6-9(7)11-4-1/h1-2,4,6H,3,5H2. The van der Waals surface area contributed by atoms with Gasteiger partial charge in [0.2, 0.25) is 5.88 Å². The van der Waals surface area contributed by atoms with Crippen LogP contribution in [0, 0.1) is 0 Å². The lowest BCUT2D eigenvalue weighted by Crippen LogP contribution is -1.87. The van der Waals surface area contributed by atoms with E-state index in [-0.39, 0.29) is 0 Å². The van der Waals surface area contributed by atoms with E-state index in [1.54, 1.807) is 12.4 Å². The minimum absolute atomic E-state index is 0.746. The van der Waals surface area contributed by atoms with E-state index in [4.69, 9.17) is 4.74 Å². The molecule has 3 heteroatoms. The molecule has 0 spiro atoms. The molecule has 0 saturated heterocycles. The van der Waals surface area contributed by atoms with Gasteiger partial charge in [0.05, 0.1) is 18.3 Å². The molecular weight excluding hydrogens is 164 g/mol. The zero-order chi connectivity index (χ0) is 8.67. The second kappa shape index (κ2) is 2.42. The van der Waals surface area contributed by atoms with E-state index in [1.165, 1.54) is 10.9 Å². The number of aromatic nitrogens is 2. The van der Waals surface area contributed by atoms with Gasteiger partial charge in [0.15, 0.2) is 0 Å². The van der Waals surface area contributed by atoms with Crippen molar-refractivity contribution in [3.8, 4) is 5.88 Å². The minimum atomic E-state index is 0.746. The Bertz CT molecular complexity index is 467. The van der Waals surface area contributed by atoms with Crippen LogP contribution in [0.4, 0.5) is 0 Å². The van der Waals surface area contributed by atoms with E-state index < -0.39 is 0 Å². The van der Waals surface area contributed by atoms with Crippen molar-refractivity contribution in [2.75, 3.05) is 6.61 Å². The van der Waals surface area contributed by atoms with E-state index in [1.807, 2.05) is 6.07 Å². The average Bonchev–Trinajstić information content (AvgIpc) is 2.65. The minimum Gasteiger partial charge on any atom is -0.477 e. The third-order valence-corrected chi connectivity index (χ3v) is 2.32. The third kappa shape index (κ3) is 0.900. The summed E-state index contributed by atoms with van der Waals surface area (Å²) < 4.78 is 5.37. The quantitative estimate of drug-likeness (QED) is 0.605. The van der Waals surface area contributed by atoms with Gasteiger partial charge in [-0.3, -0.25) is 4.98 Å². The highest BCUT2D eigenvalue weighted by Crippen LogP contribution is 2.28. The number of ether oxygens (including phenoxy) is 1. The summed E-state index contributed by atoms with van der Waals surface area (Å²) in [6.45, 7) is 0.746. The monoisotopic (exact) mass is 172 g/mol. The van der Waals surface area contributed by atoms with Crippen LogP contribution < -0.4 is 4.74 Å². The molecule has 2 aromatic rings. The Kier molecular flexibility index (Phi) is 1.27. The summed E-state index contributed by atoms with van der Waals surface area (Å²) in [5.41, 5.74) is 2.15. The van der Waals surface area contributed by atoms with Crippen LogP contribution in [0.25, 0.3) is 10.9 Å². The fraction of sp³-hybridized carbons (Fsp3) is 0.200. The first kappa shape index (κ1) is 6.83. The Balaban J connectivity index is 2.43. The maximum absolute atomic E-state index is 5.37. The zero-order valence-electron chi connectivity index (χ0n) is 7.03. The lowest BCUT2D eigenvalue weighted by atomic mass is 10.1. The van der Waals surface area contributed by atoms with Crippen molar-refractivity contribution in [1.82, 2.24) is 9.97 Å². The number of hydrogen-bond donors (Lipinski definition) is 0. The first-order valence-electron chi connectivity index (χ1n) is 4.30. The van der Waals surface area contributed by atoms with Gasteiger partial charge in [0.1, 0.15) is 0 Å². The molecule has 3 nitrogen and oxygen atoms in total. The summed E-state index contributed by atoms with van der Waals surface area (Å²) in [6.07, 6.45) is 4.50. The van der Waals surface area contributed by atoms with Crippen LogP contribution in [0.5, 0.6) is 5.88 Å². The first-order chi connectivity index (χ1) is 6.45. The normalized spacial score (nSPS) is 14.2. The van der Waals surface area contributed by atoms with Gasteiger partial charge >= 0.3 is 0 Å². The predicted octanol–water partition coefficient (Wildman–Crippen LogP) is 1.56. The van der Waals surface area contributed by atoms with Gasteiger partial charge < -0.3 is 4.74 Å². The van der Waals surface area contributed by atoms with Gasteiger partial charge in [-0.2, -0.15) is 0 Å². The molecule has 0 unspecified atom stereocenters. The molecule has 13 heavy (non-hydrogen) atoms. The molecule has 0 saturated carbocycles. The van der Waals surface area contributed by atoms with Crippen LogP contribution >= 0.6 is 0 Å². The van der Waals surface area contributed by atoms with Crippen LogP contribution in [-0.2, 0) is 6.42 Å². The van der Waals surface area contributed by atoms with Crippen LogP contribution in [0.2, 0.25) is 0 Å². The van der Waals surface area contributed by atoms with Crippen molar-refractivity contribution < 1.29 is 4.74 Å². The Hall–Kier alpha value is -1.64. The molecule has 0 aliphatic carbocycles. The lowest BCUT2D eigenvalue weighted by Gasteiger charge is -2.00. The fourth-order valence-electron chi connectivity index (χ4n) is 1.70. The van der Waals surface area contributed by atoms with Gasteiger partial charge in [0.25, 0.3) is 0 Å². The molecule has 0 amide bonds. The van der Waals surface area contributed by atoms with Crippen molar-refractivity contribution in [3.05, 3.63) is 30.1 Å². The average molecular weight is 172 g/mol. The molecule has 3 heterocycles. The van der Waals surface area contributed by atoms with Crippen LogP contribution in [0.1, 0.15) is 5.56 Å². The maximum atomic E-state index is 5.37. The second-order valence-electron chi connectivity index (χ2n) is 3.08. The molecule has 0 atom stereocenters. The summed E-state index contributed by atoms with van der Waals surface area (Å²) in [6, 6.07) is 4.01. The topological polar surface area (TPSA) is 35.0 Å². The molecule has 0 N–H and O–H groups in total. The van der Waals surface area contributed by atoms with Crippen LogP contribution in [-0.4, -0.2) is 16.6 Å². The molecule has 3 rings (SSSR count). The first-order valence-corrected chi connectivity index (χ1v) is 4.30. The van der Waals surface area contributed by atoms with Crippen LogP contribution in [0.3, 0.4) is 0 Å². The van der Waals surface area contributed by atoms with Gasteiger partial charge in [0, 0.05) is 23.6 Å². The number of fused-ring (bicyclic) bond motifs is 3. The molecule has 1 aliphatic heterocycles. The van der Waals surface area contributed by atoms with E-state index in [2.05, 4.69) is 16.0 Å². The van der Waals surface area contributed by atoms with Gasteiger partial charge in [-0.1, -0.05) is 6.07 Å². The van der Waals surface area contributed by atoms with Crippen LogP contribution in [0.15, 0.2) is 24.5 Å². The molecule has 0 radical (unpaired) electrons. The molecule has 0 aromatic carbocycles. The Labute approximate surface area is 75.4 Å². The lowest BCUT2D eigenvalue weighted by molar-refractivity contribution is 0.345. The maximum Gasteiger partial charge on any atom is 0.217 e. The number of nitrogens with zero attached hydrogens (tertiary/aromatic N) is 2. The molecule has 0 fully saturated rings. The molecular formula is C10H8N2O. The Morgan fingerprint density at radius 1 is 1.31 bits per heavy atom. The molecule has 64 valence electrons. The van der Waals surface area contributed by atoms with E-state index in [9.17, 15) is 0 Å². The molecule has 2 aromatic heterocycles. The van der Waals surface area contributed by atoms with E-state index in [0.717, 1.165) is 24.4 Å². The number of pyridine rings is 2. The van der Waals surface area contributed by atoms with Gasteiger partial charge in [-0.25, -0.2) is 4.98 Å².